The Morgan fingerprint density at radius 1 is 1.24 bits per heavy atom. The zero-order valence-electron chi connectivity index (χ0n) is 13.9. The maximum atomic E-state index is 12.8. The Balaban J connectivity index is 1.79. The van der Waals surface area contributed by atoms with E-state index >= 15 is 0 Å². The molecule has 4 bridgehead atoms. The number of aliphatic hydroxyl groups excluding tert-OH is 1. The summed E-state index contributed by atoms with van der Waals surface area (Å²) >= 11 is 0. The van der Waals surface area contributed by atoms with Gasteiger partial charge in [-0.05, 0) is 83.0 Å². The summed E-state index contributed by atoms with van der Waals surface area (Å²) in [6.45, 7) is 7.65. The predicted octanol–water partition coefficient (Wildman–Crippen LogP) is 3.54. The van der Waals surface area contributed by atoms with Crippen LogP contribution < -0.4 is 0 Å². The Morgan fingerprint density at radius 2 is 1.71 bits per heavy atom. The van der Waals surface area contributed by atoms with E-state index in [1.54, 1.807) is 6.92 Å². The van der Waals surface area contributed by atoms with Crippen LogP contribution in [-0.4, -0.2) is 22.8 Å². The van der Waals surface area contributed by atoms with E-state index in [4.69, 9.17) is 4.74 Å². The third-order valence-electron chi connectivity index (χ3n) is 7.19. The maximum absolute atomic E-state index is 12.8. The summed E-state index contributed by atoms with van der Waals surface area (Å²) in [7, 11) is 0. The fourth-order valence-corrected chi connectivity index (χ4v) is 5.21. The molecule has 0 spiro atoms. The molecule has 120 valence electrons. The summed E-state index contributed by atoms with van der Waals surface area (Å²) < 4.78 is 6.13. The number of esters is 1. The second-order valence-electron chi connectivity index (χ2n) is 8.32. The van der Waals surface area contributed by atoms with Crippen molar-refractivity contribution in [2.24, 2.45) is 29.1 Å². The van der Waals surface area contributed by atoms with Crippen molar-refractivity contribution in [3.05, 3.63) is 0 Å². The highest BCUT2D eigenvalue weighted by atomic mass is 16.6. The van der Waals surface area contributed by atoms with E-state index in [0.717, 1.165) is 11.8 Å². The largest absolute Gasteiger partial charge is 0.458 e. The van der Waals surface area contributed by atoms with Gasteiger partial charge in [0.15, 0.2) is 0 Å². The lowest BCUT2D eigenvalue weighted by Gasteiger charge is -2.59. The first-order chi connectivity index (χ1) is 9.79. The van der Waals surface area contributed by atoms with Crippen molar-refractivity contribution in [1.29, 1.82) is 0 Å². The van der Waals surface area contributed by atoms with E-state index in [1.807, 2.05) is 13.8 Å². The van der Waals surface area contributed by atoms with Gasteiger partial charge in [0.2, 0.25) is 0 Å². The van der Waals surface area contributed by atoms with Gasteiger partial charge < -0.3 is 9.84 Å². The molecular weight excluding hydrogens is 264 g/mol. The van der Waals surface area contributed by atoms with Crippen molar-refractivity contribution < 1.29 is 14.6 Å². The molecule has 4 saturated carbocycles. The molecule has 4 fully saturated rings. The first-order valence-electron chi connectivity index (χ1n) is 8.71. The van der Waals surface area contributed by atoms with E-state index in [0.29, 0.717) is 18.3 Å². The van der Waals surface area contributed by atoms with Crippen molar-refractivity contribution >= 4 is 5.97 Å². The number of carbonyl (C=O) groups is 1. The van der Waals surface area contributed by atoms with Gasteiger partial charge in [0.25, 0.3) is 0 Å². The molecule has 1 N–H and O–H groups in total. The monoisotopic (exact) mass is 294 g/mol. The Labute approximate surface area is 128 Å². The third kappa shape index (κ3) is 2.23. The van der Waals surface area contributed by atoms with Crippen LogP contribution in [-0.2, 0) is 9.53 Å². The van der Waals surface area contributed by atoms with Gasteiger partial charge >= 0.3 is 5.97 Å². The topological polar surface area (TPSA) is 46.5 Å². The normalized spacial score (nSPS) is 45.2. The molecule has 21 heavy (non-hydrogen) atoms. The van der Waals surface area contributed by atoms with Gasteiger partial charge in [-0.2, -0.15) is 0 Å². The quantitative estimate of drug-likeness (QED) is 0.807. The van der Waals surface area contributed by atoms with Crippen LogP contribution in [0.1, 0.15) is 66.2 Å². The Morgan fingerprint density at radius 3 is 2.10 bits per heavy atom. The van der Waals surface area contributed by atoms with Crippen molar-refractivity contribution in [3.8, 4) is 0 Å². The first-order valence-corrected chi connectivity index (χ1v) is 8.71. The molecule has 3 nitrogen and oxygen atoms in total. The predicted molar refractivity (Wildman–Crippen MR) is 81.6 cm³/mol. The Kier molecular flexibility index (Phi) is 3.63. The molecule has 4 aliphatic carbocycles. The van der Waals surface area contributed by atoms with Crippen molar-refractivity contribution in [2.45, 2.75) is 77.9 Å². The highest BCUT2D eigenvalue weighted by Crippen LogP contribution is 2.59. The van der Waals surface area contributed by atoms with Crippen LogP contribution in [0.5, 0.6) is 0 Å². The lowest BCUT2D eigenvalue weighted by Crippen LogP contribution is -2.59. The van der Waals surface area contributed by atoms with Crippen LogP contribution in [0.4, 0.5) is 0 Å². The number of hydrogen-bond acceptors (Lipinski definition) is 3. The molecule has 2 atom stereocenters. The first kappa shape index (κ1) is 15.3. The molecular formula is C18H30O3. The molecule has 0 aliphatic heterocycles. The van der Waals surface area contributed by atoms with Crippen LogP contribution in [0.3, 0.4) is 0 Å². The van der Waals surface area contributed by atoms with E-state index in [9.17, 15) is 9.90 Å². The van der Waals surface area contributed by atoms with E-state index in [-0.39, 0.29) is 11.6 Å². The second-order valence-corrected chi connectivity index (χ2v) is 8.32. The molecule has 3 heteroatoms. The minimum absolute atomic E-state index is 0.199. The molecule has 0 aromatic carbocycles. The van der Waals surface area contributed by atoms with Gasteiger partial charge in [-0.25, -0.2) is 0 Å². The fraction of sp³-hybridized carbons (Fsp3) is 0.944. The zero-order valence-corrected chi connectivity index (χ0v) is 13.9. The van der Waals surface area contributed by atoms with Gasteiger partial charge in [0, 0.05) is 0 Å². The lowest BCUT2D eigenvalue weighted by atomic mass is 9.50. The summed E-state index contributed by atoms with van der Waals surface area (Å²) in [6.07, 6.45) is 6.26. The van der Waals surface area contributed by atoms with Crippen LogP contribution in [0.25, 0.3) is 0 Å². The average molecular weight is 294 g/mol. The van der Waals surface area contributed by atoms with Crippen LogP contribution in [0.2, 0.25) is 0 Å². The van der Waals surface area contributed by atoms with E-state index in [2.05, 4.69) is 6.92 Å². The van der Waals surface area contributed by atoms with Gasteiger partial charge in [-0.1, -0.05) is 6.92 Å². The molecule has 0 aromatic rings. The van der Waals surface area contributed by atoms with Crippen LogP contribution >= 0.6 is 0 Å². The second kappa shape index (κ2) is 4.97. The molecule has 0 radical (unpaired) electrons. The molecule has 0 saturated heterocycles. The molecule has 4 rings (SSSR count). The Bertz CT molecular complexity index is 400. The zero-order chi connectivity index (χ0) is 15.4. The van der Waals surface area contributed by atoms with E-state index < -0.39 is 11.5 Å². The van der Waals surface area contributed by atoms with Crippen LogP contribution in [0.15, 0.2) is 0 Å². The van der Waals surface area contributed by atoms with Crippen molar-refractivity contribution in [3.63, 3.8) is 0 Å². The number of ether oxygens (including phenoxy) is 1. The smallest absolute Gasteiger partial charge is 0.314 e. The summed E-state index contributed by atoms with van der Waals surface area (Å²) in [6, 6.07) is 0. The van der Waals surface area contributed by atoms with Crippen molar-refractivity contribution in [1.82, 2.24) is 0 Å². The molecule has 0 amide bonds. The third-order valence-corrected chi connectivity index (χ3v) is 7.19. The standard InChI is InChI=1S/C18H30O3/c1-5-17(3,11(2)19)16(20)21-18(4)14-7-12-6-13(9-14)10-15(18)8-12/h11-15,19H,5-10H2,1-4H3. The lowest BCUT2D eigenvalue weighted by molar-refractivity contribution is -0.216. The number of carbonyl (C=O) groups excluding carboxylic acids is 1. The van der Waals surface area contributed by atoms with Gasteiger partial charge in [-0.15, -0.1) is 0 Å². The maximum Gasteiger partial charge on any atom is 0.314 e. The summed E-state index contributed by atoms with van der Waals surface area (Å²) in [4.78, 5) is 12.8. The minimum Gasteiger partial charge on any atom is -0.458 e. The number of hydrogen-bond donors (Lipinski definition) is 1. The molecule has 2 unspecified atom stereocenters. The average Bonchev–Trinajstić information content (AvgIpc) is 2.43. The van der Waals surface area contributed by atoms with Crippen LogP contribution in [0, 0.1) is 29.1 Å². The SMILES string of the molecule is CCC(C)(C(=O)OC1(C)C2CC3CC(C2)CC1C3)C(C)O. The minimum atomic E-state index is -0.780. The number of rotatable bonds is 4. The summed E-state index contributed by atoms with van der Waals surface area (Å²) in [5.41, 5.74) is -1.08. The fourth-order valence-electron chi connectivity index (χ4n) is 5.21. The van der Waals surface area contributed by atoms with Crippen molar-refractivity contribution in [2.75, 3.05) is 0 Å². The van der Waals surface area contributed by atoms with Gasteiger partial charge in [0.1, 0.15) is 5.60 Å². The molecule has 4 aliphatic rings. The molecule has 0 heterocycles. The number of aliphatic hydroxyl groups is 1. The highest BCUT2D eigenvalue weighted by Gasteiger charge is 2.58. The summed E-state index contributed by atoms with van der Waals surface area (Å²) in [5, 5.41) is 10.0. The van der Waals surface area contributed by atoms with Gasteiger partial charge in [0.05, 0.1) is 11.5 Å². The van der Waals surface area contributed by atoms with Gasteiger partial charge in [-0.3, -0.25) is 4.79 Å². The Hall–Kier alpha value is -0.570. The van der Waals surface area contributed by atoms with E-state index in [1.165, 1.54) is 32.1 Å². The molecule has 0 aromatic heterocycles. The highest BCUT2D eigenvalue weighted by molar-refractivity contribution is 5.77. The summed E-state index contributed by atoms with van der Waals surface area (Å²) in [5.74, 6) is 2.61.